The van der Waals surface area contributed by atoms with Crippen LogP contribution in [0, 0.1) is 5.92 Å². The van der Waals surface area contributed by atoms with E-state index >= 15 is 0 Å². The fourth-order valence-corrected chi connectivity index (χ4v) is 1.11. The molecule has 0 aliphatic carbocycles. The third-order valence-corrected chi connectivity index (χ3v) is 2.22. The first-order valence-corrected chi connectivity index (χ1v) is 3.90. The van der Waals surface area contributed by atoms with Gasteiger partial charge in [0.05, 0.1) is 12.2 Å². The molecule has 0 amide bonds. The van der Waals surface area contributed by atoms with Gasteiger partial charge in [0.15, 0.2) is 0 Å². The molecule has 1 atom stereocenters. The summed E-state index contributed by atoms with van der Waals surface area (Å²) < 4.78 is 5.27. The molecular weight excluding hydrogens is 140 g/mol. The summed E-state index contributed by atoms with van der Waals surface area (Å²) in [5.41, 5.74) is -0.429. The molecule has 0 aliphatic rings. The average Bonchev–Trinajstić information content (AvgIpc) is 2.00. The van der Waals surface area contributed by atoms with E-state index in [1.807, 2.05) is 13.8 Å². The average molecular weight is 158 g/mol. The molecule has 0 aromatic heterocycles. The molecule has 0 bridgehead atoms. The van der Waals surface area contributed by atoms with Crippen molar-refractivity contribution in [2.75, 3.05) is 13.7 Å². The van der Waals surface area contributed by atoms with Crippen LogP contribution in [0.25, 0.3) is 0 Å². The highest BCUT2D eigenvalue weighted by Crippen LogP contribution is 2.24. The number of hydrogen-bond acceptors (Lipinski definition) is 2. The van der Waals surface area contributed by atoms with Gasteiger partial charge < -0.3 is 9.84 Å². The molecule has 1 unspecified atom stereocenters. The number of rotatable bonds is 5. The molecule has 0 saturated heterocycles. The second kappa shape index (κ2) is 4.52. The standard InChI is InChI=1S/C9H18O2/c1-5-6-9(7-10,11-4)8(2)3/h5,8,10H,1,6-7H2,2-4H3. The van der Waals surface area contributed by atoms with Gasteiger partial charge in [0.2, 0.25) is 0 Å². The van der Waals surface area contributed by atoms with Crippen LogP contribution in [0.4, 0.5) is 0 Å². The predicted octanol–water partition coefficient (Wildman–Crippen LogP) is 1.60. The fourth-order valence-electron chi connectivity index (χ4n) is 1.11. The molecule has 0 rings (SSSR count). The normalized spacial score (nSPS) is 16.5. The lowest BCUT2D eigenvalue weighted by atomic mass is 9.88. The van der Waals surface area contributed by atoms with Crippen molar-refractivity contribution in [2.24, 2.45) is 5.92 Å². The van der Waals surface area contributed by atoms with Crippen molar-refractivity contribution in [3.63, 3.8) is 0 Å². The third-order valence-electron chi connectivity index (χ3n) is 2.22. The zero-order valence-electron chi connectivity index (χ0n) is 7.63. The highest BCUT2D eigenvalue weighted by Gasteiger charge is 2.31. The lowest BCUT2D eigenvalue weighted by molar-refractivity contribution is -0.0817. The summed E-state index contributed by atoms with van der Waals surface area (Å²) in [6.07, 6.45) is 2.47. The van der Waals surface area contributed by atoms with Crippen molar-refractivity contribution in [1.29, 1.82) is 0 Å². The van der Waals surface area contributed by atoms with Crippen molar-refractivity contribution in [1.82, 2.24) is 0 Å². The molecule has 0 heterocycles. The van der Waals surface area contributed by atoms with Crippen molar-refractivity contribution >= 4 is 0 Å². The molecule has 0 fully saturated rings. The number of methoxy groups -OCH3 is 1. The summed E-state index contributed by atoms with van der Waals surface area (Å²) in [5, 5.41) is 9.11. The summed E-state index contributed by atoms with van der Waals surface area (Å²) in [6.45, 7) is 7.74. The minimum absolute atomic E-state index is 0.0488. The topological polar surface area (TPSA) is 29.5 Å². The first-order valence-electron chi connectivity index (χ1n) is 3.90. The fraction of sp³-hybridized carbons (Fsp3) is 0.778. The first kappa shape index (κ1) is 10.7. The highest BCUT2D eigenvalue weighted by atomic mass is 16.5. The molecule has 66 valence electrons. The van der Waals surface area contributed by atoms with Crippen molar-refractivity contribution in [2.45, 2.75) is 25.9 Å². The number of ether oxygens (including phenoxy) is 1. The highest BCUT2D eigenvalue weighted by molar-refractivity contribution is 4.90. The van der Waals surface area contributed by atoms with Gasteiger partial charge in [0.25, 0.3) is 0 Å². The third kappa shape index (κ3) is 2.31. The minimum Gasteiger partial charge on any atom is -0.393 e. The van der Waals surface area contributed by atoms with Gasteiger partial charge in [-0.15, -0.1) is 6.58 Å². The number of aliphatic hydroxyl groups is 1. The van der Waals surface area contributed by atoms with Gasteiger partial charge in [-0.25, -0.2) is 0 Å². The van der Waals surface area contributed by atoms with Gasteiger partial charge >= 0.3 is 0 Å². The summed E-state index contributed by atoms with van der Waals surface area (Å²) in [6, 6.07) is 0. The molecule has 0 aromatic rings. The van der Waals surface area contributed by atoms with E-state index in [9.17, 15) is 0 Å². The molecule has 0 aromatic carbocycles. The Kier molecular flexibility index (Phi) is 4.38. The quantitative estimate of drug-likeness (QED) is 0.616. The molecule has 0 spiro atoms. The molecule has 2 heteroatoms. The van der Waals surface area contributed by atoms with Crippen LogP contribution in [-0.2, 0) is 4.74 Å². The molecule has 0 aliphatic heterocycles. The first-order chi connectivity index (χ1) is 5.13. The van der Waals surface area contributed by atoms with Crippen molar-refractivity contribution in [3.8, 4) is 0 Å². The second-order valence-electron chi connectivity index (χ2n) is 3.07. The van der Waals surface area contributed by atoms with E-state index < -0.39 is 5.60 Å². The molecular formula is C9H18O2. The van der Waals surface area contributed by atoms with Gasteiger partial charge in [-0.3, -0.25) is 0 Å². The van der Waals surface area contributed by atoms with Crippen molar-refractivity contribution < 1.29 is 9.84 Å². The maximum atomic E-state index is 9.11. The zero-order valence-corrected chi connectivity index (χ0v) is 7.63. The van der Waals surface area contributed by atoms with Crippen LogP contribution >= 0.6 is 0 Å². The predicted molar refractivity (Wildman–Crippen MR) is 46.5 cm³/mol. The lowest BCUT2D eigenvalue weighted by Gasteiger charge is -2.33. The Morgan fingerprint density at radius 1 is 1.64 bits per heavy atom. The molecule has 0 radical (unpaired) electrons. The Bertz CT molecular complexity index is 115. The van der Waals surface area contributed by atoms with Gasteiger partial charge in [-0.1, -0.05) is 19.9 Å². The van der Waals surface area contributed by atoms with Crippen LogP contribution < -0.4 is 0 Å². The number of hydrogen-bond donors (Lipinski definition) is 1. The van der Waals surface area contributed by atoms with Gasteiger partial charge in [0, 0.05) is 7.11 Å². The van der Waals surface area contributed by atoms with E-state index in [-0.39, 0.29) is 6.61 Å². The van der Waals surface area contributed by atoms with Crippen LogP contribution in [-0.4, -0.2) is 24.4 Å². The van der Waals surface area contributed by atoms with Gasteiger partial charge in [-0.2, -0.15) is 0 Å². The Morgan fingerprint density at radius 2 is 2.18 bits per heavy atom. The Balaban J connectivity index is 4.31. The van der Waals surface area contributed by atoms with Crippen LogP contribution in [0.3, 0.4) is 0 Å². The lowest BCUT2D eigenvalue weighted by Crippen LogP contribution is -2.40. The Labute approximate surface area is 68.9 Å². The van der Waals surface area contributed by atoms with E-state index in [0.717, 1.165) is 0 Å². The van der Waals surface area contributed by atoms with E-state index in [1.165, 1.54) is 0 Å². The Hall–Kier alpha value is -0.340. The van der Waals surface area contributed by atoms with E-state index in [2.05, 4.69) is 6.58 Å². The molecule has 2 nitrogen and oxygen atoms in total. The minimum atomic E-state index is -0.429. The summed E-state index contributed by atoms with van der Waals surface area (Å²) >= 11 is 0. The van der Waals surface area contributed by atoms with E-state index in [1.54, 1.807) is 13.2 Å². The summed E-state index contributed by atoms with van der Waals surface area (Å²) in [4.78, 5) is 0. The van der Waals surface area contributed by atoms with Crippen molar-refractivity contribution in [3.05, 3.63) is 12.7 Å². The summed E-state index contributed by atoms with van der Waals surface area (Å²) in [7, 11) is 1.62. The summed E-state index contributed by atoms with van der Waals surface area (Å²) in [5.74, 6) is 0.301. The van der Waals surface area contributed by atoms with E-state index in [0.29, 0.717) is 12.3 Å². The number of aliphatic hydroxyl groups excluding tert-OH is 1. The van der Waals surface area contributed by atoms with Crippen LogP contribution in [0.5, 0.6) is 0 Å². The molecule has 1 N–H and O–H groups in total. The smallest absolute Gasteiger partial charge is 0.0964 e. The second-order valence-corrected chi connectivity index (χ2v) is 3.07. The van der Waals surface area contributed by atoms with Gasteiger partial charge in [0.1, 0.15) is 0 Å². The maximum absolute atomic E-state index is 9.11. The monoisotopic (exact) mass is 158 g/mol. The maximum Gasteiger partial charge on any atom is 0.0964 e. The van der Waals surface area contributed by atoms with Crippen LogP contribution in [0.2, 0.25) is 0 Å². The zero-order chi connectivity index (χ0) is 8.91. The SMILES string of the molecule is C=CCC(CO)(OC)C(C)C. The van der Waals surface area contributed by atoms with Gasteiger partial charge in [-0.05, 0) is 12.3 Å². The molecule has 0 saturated carbocycles. The van der Waals surface area contributed by atoms with E-state index in [4.69, 9.17) is 9.84 Å². The van der Waals surface area contributed by atoms with Crippen LogP contribution in [0.15, 0.2) is 12.7 Å². The largest absolute Gasteiger partial charge is 0.393 e. The Morgan fingerprint density at radius 3 is 2.27 bits per heavy atom. The molecule has 11 heavy (non-hydrogen) atoms. The van der Waals surface area contributed by atoms with Crippen LogP contribution in [0.1, 0.15) is 20.3 Å².